The van der Waals surface area contributed by atoms with Gasteiger partial charge in [-0.3, -0.25) is 9.89 Å². The first-order chi connectivity index (χ1) is 9.20. The highest BCUT2D eigenvalue weighted by Crippen LogP contribution is 2.18. The predicted molar refractivity (Wildman–Crippen MR) is 73.2 cm³/mol. The Bertz CT molecular complexity index is 555. The minimum atomic E-state index is -0.243. The first-order valence-electron chi connectivity index (χ1n) is 5.86. The van der Waals surface area contributed by atoms with E-state index in [1.165, 1.54) is 6.20 Å². The van der Waals surface area contributed by atoms with Gasteiger partial charge < -0.3 is 10.6 Å². The highest BCUT2D eigenvalue weighted by atomic mass is 35.5. The number of aromatic nitrogens is 3. The van der Waals surface area contributed by atoms with Gasteiger partial charge in [-0.25, -0.2) is 4.98 Å². The van der Waals surface area contributed by atoms with E-state index in [9.17, 15) is 4.79 Å². The number of halogens is 1. The van der Waals surface area contributed by atoms with Gasteiger partial charge in [0.15, 0.2) is 0 Å². The summed E-state index contributed by atoms with van der Waals surface area (Å²) in [5.74, 6) is 0.383. The Morgan fingerprint density at radius 2 is 2.32 bits per heavy atom. The fraction of sp³-hybridized carbons (Fsp3) is 0.250. The van der Waals surface area contributed by atoms with Crippen LogP contribution in [0.25, 0.3) is 0 Å². The standard InChI is InChI=1S/C12H14ClN5O/c1-2-14-11-3-9(10(13)7-15-11)12(19)16-4-8-5-17-18-6-8/h3,5-7H,2,4H2,1H3,(H,14,15)(H,16,19)(H,17,18). The summed E-state index contributed by atoms with van der Waals surface area (Å²) in [5.41, 5.74) is 1.29. The maximum Gasteiger partial charge on any atom is 0.253 e. The monoisotopic (exact) mass is 279 g/mol. The van der Waals surface area contributed by atoms with E-state index in [1.807, 2.05) is 6.92 Å². The van der Waals surface area contributed by atoms with Crippen molar-refractivity contribution in [3.8, 4) is 0 Å². The lowest BCUT2D eigenvalue weighted by atomic mass is 10.2. The van der Waals surface area contributed by atoms with Gasteiger partial charge in [0.1, 0.15) is 5.82 Å². The molecule has 0 aliphatic carbocycles. The van der Waals surface area contributed by atoms with Gasteiger partial charge >= 0.3 is 0 Å². The molecule has 1 amide bonds. The molecular formula is C12H14ClN5O. The van der Waals surface area contributed by atoms with Crippen LogP contribution < -0.4 is 10.6 Å². The minimum absolute atomic E-state index is 0.243. The van der Waals surface area contributed by atoms with E-state index in [0.717, 1.165) is 12.1 Å². The van der Waals surface area contributed by atoms with Crippen LogP contribution in [0.4, 0.5) is 5.82 Å². The molecule has 6 nitrogen and oxygen atoms in total. The van der Waals surface area contributed by atoms with Crippen molar-refractivity contribution in [2.45, 2.75) is 13.5 Å². The number of rotatable bonds is 5. The molecule has 0 aromatic carbocycles. The smallest absolute Gasteiger partial charge is 0.253 e. The Hall–Kier alpha value is -2.08. The van der Waals surface area contributed by atoms with E-state index in [4.69, 9.17) is 11.6 Å². The molecule has 0 saturated carbocycles. The van der Waals surface area contributed by atoms with Crippen molar-refractivity contribution in [2.75, 3.05) is 11.9 Å². The summed E-state index contributed by atoms with van der Waals surface area (Å²) in [6.07, 6.45) is 4.84. The molecule has 0 saturated heterocycles. The molecule has 7 heteroatoms. The summed E-state index contributed by atoms with van der Waals surface area (Å²) in [7, 11) is 0. The van der Waals surface area contributed by atoms with Crippen molar-refractivity contribution in [2.24, 2.45) is 0 Å². The average Bonchev–Trinajstić information content (AvgIpc) is 2.92. The Morgan fingerprint density at radius 3 is 3.00 bits per heavy atom. The lowest BCUT2D eigenvalue weighted by Gasteiger charge is -2.08. The Kier molecular flexibility index (Phi) is 4.35. The van der Waals surface area contributed by atoms with Crippen molar-refractivity contribution in [3.05, 3.63) is 40.8 Å². The fourth-order valence-electron chi connectivity index (χ4n) is 1.54. The van der Waals surface area contributed by atoms with Gasteiger partial charge in [-0.05, 0) is 13.0 Å². The van der Waals surface area contributed by atoms with Gasteiger partial charge in [0.25, 0.3) is 5.91 Å². The number of aromatic amines is 1. The number of hydrogen-bond donors (Lipinski definition) is 3. The van der Waals surface area contributed by atoms with Crippen LogP contribution in [-0.4, -0.2) is 27.6 Å². The summed E-state index contributed by atoms with van der Waals surface area (Å²) < 4.78 is 0. The highest BCUT2D eigenvalue weighted by Gasteiger charge is 2.11. The number of carbonyl (C=O) groups is 1. The van der Waals surface area contributed by atoms with Crippen LogP contribution in [0.2, 0.25) is 5.02 Å². The van der Waals surface area contributed by atoms with Crippen LogP contribution in [-0.2, 0) is 6.54 Å². The van der Waals surface area contributed by atoms with E-state index in [1.54, 1.807) is 18.5 Å². The topological polar surface area (TPSA) is 82.7 Å². The van der Waals surface area contributed by atoms with Crippen LogP contribution in [0.3, 0.4) is 0 Å². The maximum atomic E-state index is 12.0. The van der Waals surface area contributed by atoms with E-state index in [0.29, 0.717) is 22.9 Å². The van der Waals surface area contributed by atoms with E-state index in [-0.39, 0.29) is 5.91 Å². The zero-order valence-electron chi connectivity index (χ0n) is 10.4. The Balaban J connectivity index is 2.07. The molecule has 2 aromatic rings. The van der Waals surface area contributed by atoms with Crippen molar-refractivity contribution in [1.82, 2.24) is 20.5 Å². The van der Waals surface area contributed by atoms with Gasteiger partial charge in [0.05, 0.1) is 16.8 Å². The van der Waals surface area contributed by atoms with Gasteiger partial charge in [-0.1, -0.05) is 11.6 Å². The van der Waals surface area contributed by atoms with Crippen molar-refractivity contribution in [3.63, 3.8) is 0 Å². The molecule has 0 fully saturated rings. The minimum Gasteiger partial charge on any atom is -0.370 e. The number of amides is 1. The number of hydrogen-bond acceptors (Lipinski definition) is 4. The third-order valence-electron chi connectivity index (χ3n) is 2.47. The first-order valence-corrected chi connectivity index (χ1v) is 6.23. The second-order valence-corrected chi connectivity index (χ2v) is 4.28. The van der Waals surface area contributed by atoms with E-state index >= 15 is 0 Å². The molecule has 100 valence electrons. The molecule has 0 atom stereocenters. The highest BCUT2D eigenvalue weighted by molar-refractivity contribution is 6.33. The maximum absolute atomic E-state index is 12.0. The van der Waals surface area contributed by atoms with Gasteiger partial charge in [0, 0.05) is 31.0 Å². The molecule has 0 unspecified atom stereocenters. The number of anilines is 1. The van der Waals surface area contributed by atoms with Crippen LogP contribution in [0, 0.1) is 0 Å². The second-order valence-electron chi connectivity index (χ2n) is 3.87. The molecule has 2 rings (SSSR count). The van der Waals surface area contributed by atoms with Crippen molar-refractivity contribution in [1.29, 1.82) is 0 Å². The lowest BCUT2D eigenvalue weighted by molar-refractivity contribution is 0.0951. The summed E-state index contributed by atoms with van der Waals surface area (Å²) >= 11 is 5.98. The third kappa shape index (κ3) is 3.45. The predicted octanol–water partition coefficient (Wildman–Crippen LogP) is 1.82. The molecule has 19 heavy (non-hydrogen) atoms. The van der Waals surface area contributed by atoms with E-state index < -0.39 is 0 Å². The number of H-pyrrole nitrogens is 1. The molecule has 0 aliphatic rings. The Morgan fingerprint density at radius 1 is 1.47 bits per heavy atom. The van der Waals surface area contributed by atoms with Crippen molar-refractivity contribution < 1.29 is 4.79 Å². The molecule has 0 spiro atoms. The third-order valence-corrected chi connectivity index (χ3v) is 2.77. The summed E-state index contributed by atoms with van der Waals surface area (Å²) in [6.45, 7) is 3.07. The Labute approximate surface area is 115 Å². The molecule has 0 aliphatic heterocycles. The molecule has 0 bridgehead atoms. The lowest BCUT2D eigenvalue weighted by Crippen LogP contribution is -2.23. The van der Waals surface area contributed by atoms with Crippen LogP contribution in [0.1, 0.15) is 22.8 Å². The van der Waals surface area contributed by atoms with Crippen LogP contribution >= 0.6 is 11.6 Å². The molecular weight excluding hydrogens is 266 g/mol. The summed E-state index contributed by atoms with van der Waals surface area (Å²) in [6, 6.07) is 1.64. The van der Waals surface area contributed by atoms with Crippen molar-refractivity contribution >= 4 is 23.3 Å². The van der Waals surface area contributed by atoms with Gasteiger partial charge in [0.2, 0.25) is 0 Å². The zero-order chi connectivity index (χ0) is 13.7. The summed E-state index contributed by atoms with van der Waals surface area (Å²) in [5, 5.41) is 12.6. The molecule has 3 N–H and O–H groups in total. The van der Waals surface area contributed by atoms with Gasteiger partial charge in [-0.15, -0.1) is 0 Å². The molecule has 2 aromatic heterocycles. The second kappa shape index (κ2) is 6.19. The van der Waals surface area contributed by atoms with Crippen LogP contribution in [0.5, 0.6) is 0 Å². The normalized spacial score (nSPS) is 10.2. The zero-order valence-corrected chi connectivity index (χ0v) is 11.2. The quantitative estimate of drug-likeness (QED) is 0.780. The molecule has 2 heterocycles. The number of nitrogens with one attached hydrogen (secondary N) is 3. The number of carbonyl (C=O) groups excluding carboxylic acids is 1. The SMILES string of the molecule is CCNc1cc(C(=O)NCc2cn[nH]c2)c(Cl)cn1. The summed E-state index contributed by atoms with van der Waals surface area (Å²) in [4.78, 5) is 16.1. The van der Waals surface area contributed by atoms with E-state index in [2.05, 4.69) is 25.8 Å². The first kappa shape index (κ1) is 13.4. The number of pyridine rings is 1. The van der Waals surface area contributed by atoms with Crippen LogP contribution in [0.15, 0.2) is 24.7 Å². The average molecular weight is 280 g/mol. The fourth-order valence-corrected chi connectivity index (χ4v) is 1.73. The van der Waals surface area contributed by atoms with Gasteiger partial charge in [-0.2, -0.15) is 5.10 Å². The largest absolute Gasteiger partial charge is 0.370 e. The molecule has 0 radical (unpaired) electrons. The number of nitrogens with zero attached hydrogens (tertiary/aromatic N) is 2.